The van der Waals surface area contributed by atoms with Gasteiger partial charge >= 0.3 is 18.0 Å². The Hall–Kier alpha value is -4.15. The molecule has 1 aromatic carbocycles. The van der Waals surface area contributed by atoms with Crippen molar-refractivity contribution in [2.75, 3.05) is 31.7 Å². The molecular weight excluding hydrogens is 554 g/mol. The van der Waals surface area contributed by atoms with Gasteiger partial charge in [0.15, 0.2) is 0 Å². The van der Waals surface area contributed by atoms with E-state index in [0.717, 1.165) is 11.1 Å². The Bertz CT molecular complexity index is 1280. The first kappa shape index (κ1) is 33.4. The number of esters is 2. The zero-order valence-electron chi connectivity index (χ0n) is 26.2. The number of rotatable bonds is 10. The maximum Gasteiger partial charge on any atom is 0.416 e. The summed E-state index contributed by atoms with van der Waals surface area (Å²) in [6, 6.07) is 10.9. The summed E-state index contributed by atoms with van der Waals surface area (Å²) in [5, 5.41) is 0. The molecule has 234 valence electrons. The zero-order chi connectivity index (χ0) is 31.8. The Balaban J connectivity index is 1.72. The molecule has 3 rings (SSSR count). The number of methoxy groups -OCH3 is 1. The van der Waals surface area contributed by atoms with E-state index in [1.807, 2.05) is 39.0 Å². The lowest BCUT2D eigenvalue weighted by atomic mass is 9.94. The van der Waals surface area contributed by atoms with Gasteiger partial charge in [-0.1, -0.05) is 12.1 Å². The molecule has 0 saturated carbocycles. The minimum Gasteiger partial charge on any atom is -0.494 e. The second-order valence-electron chi connectivity index (χ2n) is 12.4. The lowest BCUT2D eigenvalue weighted by molar-refractivity contribution is -0.160. The highest BCUT2D eigenvalue weighted by Crippen LogP contribution is 2.29. The van der Waals surface area contributed by atoms with E-state index in [1.165, 1.54) is 16.9 Å². The van der Waals surface area contributed by atoms with Crippen molar-refractivity contribution >= 4 is 29.8 Å². The van der Waals surface area contributed by atoms with Crippen LogP contribution in [0.15, 0.2) is 42.6 Å². The predicted molar refractivity (Wildman–Crippen MR) is 159 cm³/mol. The molecule has 0 bridgehead atoms. The van der Waals surface area contributed by atoms with Gasteiger partial charge < -0.3 is 23.8 Å². The molecule has 11 heteroatoms. The van der Waals surface area contributed by atoms with Gasteiger partial charge in [0.25, 0.3) is 0 Å². The summed E-state index contributed by atoms with van der Waals surface area (Å²) in [7, 11) is 1.28. The van der Waals surface area contributed by atoms with E-state index in [1.54, 1.807) is 45.2 Å². The average molecular weight is 598 g/mol. The largest absolute Gasteiger partial charge is 0.494 e. The highest BCUT2D eigenvalue weighted by Gasteiger charge is 2.33. The number of carbonyl (C=O) groups excluding carboxylic acids is 4. The van der Waals surface area contributed by atoms with Crippen LogP contribution in [0.4, 0.5) is 10.6 Å². The van der Waals surface area contributed by atoms with Crippen molar-refractivity contribution in [2.45, 2.75) is 78.6 Å². The van der Waals surface area contributed by atoms with Crippen LogP contribution in [0, 0.1) is 5.92 Å². The molecule has 1 aromatic heterocycles. The minimum absolute atomic E-state index is 0.0950. The van der Waals surface area contributed by atoms with E-state index in [2.05, 4.69) is 4.98 Å². The fourth-order valence-electron chi connectivity index (χ4n) is 4.58. The van der Waals surface area contributed by atoms with Crippen LogP contribution in [-0.2, 0) is 41.6 Å². The first-order valence-electron chi connectivity index (χ1n) is 14.4. The summed E-state index contributed by atoms with van der Waals surface area (Å²) in [4.78, 5) is 58.2. The second kappa shape index (κ2) is 14.3. The van der Waals surface area contributed by atoms with Crippen LogP contribution in [0.5, 0.6) is 5.75 Å². The summed E-state index contributed by atoms with van der Waals surface area (Å²) in [5.41, 5.74) is 0.335. The number of carbonyl (C=O) groups is 4. The number of ether oxygens (including phenoxy) is 4. The van der Waals surface area contributed by atoms with E-state index in [-0.39, 0.29) is 25.4 Å². The Morgan fingerprint density at radius 2 is 1.70 bits per heavy atom. The molecule has 2 amide bonds. The van der Waals surface area contributed by atoms with Gasteiger partial charge in [0, 0.05) is 19.3 Å². The van der Waals surface area contributed by atoms with Crippen LogP contribution < -0.4 is 9.64 Å². The molecule has 43 heavy (non-hydrogen) atoms. The minimum atomic E-state index is -0.702. The summed E-state index contributed by atoms with van der Waals surface area (Å²) >= 11 is 0. The van der Waals surface area contributed by atoms with Crippen LogP contribution in [0.25, 0.3) is 0 Å². The molecule has 1 atom stereocenters. The highest BCUT2D eigenvalue weighted by molar-refractivity contribution is 5.88. The Morgan fingerprint density at radius 1 is 0.977 bits per heavy atom. The van der Waals surface area contributed by atoms with Gasteiger partial charge in [-0.15, -0.1) is 0 Å². The van der Waals surface area contributed by atoms with Crippen LogP contribution in [0.1, 0.15) is 65.5 Å². The first-order valence-corrected chi connectivity index (χ1v) is 14.4. The molecule has 2 aromatic rings. The lowest BCUT2D eigenvalue weighted by Crippen LogP contribution is -2.41. The Morgan fingerprint density at radius 3 is 2.33 bits per heavy atom. The number of fused-ring (bicyclic) bond motifs is 1. The van der Waals surface area contributed by atoms with Crippen molar-refractivity contribution in [2.24, 2.45) is 5.92 Å². The van der Waals surface area contributed by atoms with Gasteiger partial charge in [0.1, 0.15) is 29.3 Å². The van der Waals surface area contributed by atoms with E-state index in [0.29, 0.717) is 37.6 Å². The third-order valence-electron chi connectivity index (χ3n) is 6.38. The highest BCUT2D eigenvalue weighted by atomic mass is 16.6. The lowest BCUT2D eigenvalue weighted by Gasteiger charge is -2.26. The van der Waals surface area contributed by atoms with Crippen LogP contribution in [0.3, 0.4) is 0 Å². The normalized spacial score (nSPS) is 15.2. The van der Waals surface area contributed by atoms with Gasteiger partial charge in [-0.2, -0.15) is 0 Å². The molecule has 0 fully saturated rings. The molecule has 0 aliphatic carbocycles. The number of hydrogen-bond donors (Lipinski definition) is 0. The zero-order valence-corrected chi connectivity index (χ0v) is 26.2. The number of aromatic nitrogens is 1. The van der Waals surface area contributed by atoms with E-state index in [4.69, 9.17) is 18.9 Å². The molecule has 0 spiro atoms. The van der Waals surface area contributed by atoms with Gasteiger partial charge in [-0.3, -0.25) is 19.3 Å². The smallest absolute Gasteiger partial charge is 0.416 e. The Kier molecular flexibility index (Phi) is 11.1. The van der Waals surface area contributed by atoms with Crippen molar-refractivity contribution in [3.05, 3.63) is 53.7 Å². The third kappa shape index (κ3) is 10.6. The average Bonchev–Trinajstić information content (AvgIpc) is 3.02. The first-order chi connectivity index (χ1) is 20.1. The standard InChI is InChI=1S/C32H43N3O8/c1-31(2,3)42-28(37)21-34-20-24-18-25(13-12-22(24)17-23(29(34)38)19-27(36)40-7)41-16-10-15-35(26-11-8-9-14-33-26)30(39)43-32(4,5)6/h8-9,11-14,18,23H,10,15-17,19-21H2,1-7H3. The molecule has 2 heterocycles. The fraction of sp³-hybridized carbons (Fsp3) is 0.531. The van der Waals surface area contributed by atoms with Crippen molar-refractivity contribution in [3.63, 3.8) is 0 Å². The predicted octanol–water partition coefficient (Wildman–Crippen LogP) is 4.70. The molecule has 0 N–H and O–H groups in total. The van der Waals surface area contributed by atoms with Crippen LogP contribution in [0.2, 0.25) is 0 Å². The molecule has 0 saturated heterocycles. The second-order valence-corrected chi connectivity index (χ2v) is 12.4. The topological polar surface area (TPSA) is 125 Å². The number of nitrogens with zero attached hydrogens (tertiary/aromatic N) is 3. The quantitative estimate of drug-likeness (QED) is 0.218. The number of benzene rings is 1. The Labute approximate surface area is 253 Å². The van der Waals surface area contributed by atoms with E-state index < -0.39 is 35.2 Å². The maximum absolute atomic E-state index is 13.4. The molecule has 1 aliphatic heterocycles. The van der Waals surface area contributed by atoms with Gasteiger partial charge in [-0.25, -0.2) is 9.78 Å². The maximum atomic E-state index is 13.4. The summed E-state index contributed by atoms with van der Waals surface area (Å²) in [5.74, 6) is -0.949. The van der Waals surface area contributed by atoms with Gasteiger partial charge in [-0.05, 0) is 89.8 Å². The third-order valence-corrected chi connectivity index (χ3v) is 6.38. The van der Waals surface area contributed by atoms with Crippen molar-refractivity contribution in [1.29, 1.82) is 0 Å². The number of amides is 2. The molecule has 0 radical (unpaired) electrons. The summed E-state index contributed by atoms with van der Waals surface area (Å²) < 4.78 is 21.9. The SMILES string of the molecule is COC(=O)CC1Cc2ccc(OCCCN(C(=O)OC(C)(C)C)c3ccccn3)cc2CN(CC(=O)OC(C)(C)C)C1=O. The van der Waals surface area contributed by atoms with Crippen LogP contribution in [-0.4, -0.2) is 71.8 Å². The van der Waals surface area contributed by atoms with Crippen LogP contribution >= 0.6 is 0 Å². The molecular formula is C32H43N3O8. The summed E-state index contributed by atoms with van der Waals surface area (Å²) in [6.45, 7) is 11.3. The fourth-order valence-corrected chi connectivity index (χ4v) is 4.58. The number of hydrogen-bond acceptors (Lipinski definition) is 9. The monoisotopic (exact) mass is 597 g/mol. The number of pyridine rings is 1. The van der Waals surface area contributed by atoms with E-state index >= 15 is 0 Å². The van der Waals surface area contributed by atoms with E-state index in [9.17, 15) is 19.2 Å². The number of anilines is 1. The molecule has 1 aliphatic rings. The van der Waals surface area contributed by atoms with Crippen molar-refractivity contribution in [3.8, 4) is 5.75 Å². The molecule has 1 unspecified atom stereocenters. The van der Waals surface area contributed by atoms with Gasteiger partial charge in [0.05, 0.1) is 26.1 Å². The van der Waals surface area contributed by atoms with Crippen molar-refractivity contribution in [1.82, 2.24) is 9.88 Å². The summed E-state index contributed by atoms with van der Waals surface area (Å²) in [6.07, 6.45) is 1.85. The molecule has 11 nitrogen and oxygen atoms in total. The van der Waals surface area contributed by atoms with Crippen molar-refractivity contribution < 1.29 is 38.1 Å². The van der Waals surface area contributed by atoms with Gasteiger partial charge in [0.2, 0.25) is 5.91 Å².